The van der Waals surface area contributed by atoms with Crippen molar-refractivity contribution in [3.8, 4) is 11.5 Å². The average molecular weight is 316 g/mol. The summed E-state index contributed by atoms with van der Waals surface area (Å²) < 4.78 is 11.1. The highest BCUT2D eigenvalue weighted by Gasteiger charge is 2.40. The standard InChI is InChI=1S/C18H24N2O3/c19-17-11-2-1-3-12(17)9-13(8-11)18(21)20-14-4-5-15-16(10-14)23-7-6-22-15/h4-5,10-13,17H,1-3,6-9,19H2,(H,20,21). The summed E-state index contributed by atoms with van der Waals surface area (Å²) in [5, 5.41) is 3.05. The Kier molecular flexibility index (Phi) is 3.89. The molecule has 1 aliphatic heterocycles. The maximum atomic E-state index is 12.6. The number of carbonyl (C=O) groups is 1. The van der Waals surface area contributed by atoms with Crippen LogP contribution in [0.4, 0.5) is 5.69 Å². The summed E-state index contributed by atoms with van der Waals surface area (Å²) in [5.41, 5.74) is 7.09. The van der Waals surface area contributed by atoms with E-state index in [1.165, 1.54) is 19.3 Å². The van der Waals surface area contributed by atoms with Gasteiger partial charge in [-0.05, 0) is 49.7 Å². The molecule has 3 N–H and O–H groups in total. The Balaban J connectivity index is 1.44. The highest BCUT2D eigenvalue weighted by atomic mass is 16.6. The molecule has 2 saturated carbocycles. The van der Waals surface area contributed by atoms with Crippen LogP contribution in [-0.2, 0) is 4.79 Å². The van der Waals surface area contributed by atoms with Crippen LogP contribution in [0.1, 0.15) is 32.1 Å². The quantitative estimate of drug-likeness (QED) is 0.879. The first-order valence-electron chi connectivity index (χ1n) is 8.67. The lowest BCUT2D eigenvalue weighted by Gasteiger charge is -2.43. The zero-order valence-corrected chi connectivity index (χ0v) is 13.3. The molecule has 0 aromatic heterocycles. The lowest BCUT2D eigenvalue weighted by molar-refractivity contribution is -0.122. The molecule has 3 aliphatic rings. The highest BCUT2D eigenvalue weighted by Crippen LogP contribution is 2.42. The van der Waals surface area contributed by atoms with Gasteiger partial charge in [0.1, 0.15) is 13.2 Å². The number of rotatable bonds is 2. The van der Waals surface area contributed by atoms with Gasteiger partial charge in [0.15, 0.2) is 11.5 Å². The van der Waals surface area contributed by atoms with Gasteiger partial charge in [-0.15, -0.1) is 0 Å². The number of benzene rings is 1. The second-order valence-corrected chi connectivity index (χ2v) is 7.04. The second kappa shape index (κ2) is 6.04. The number of fused-ring (bicyclic) bond motifs is 3. The molecule has 1 aromatic rings. The predicted octanol–water partition coefficient (Wildman–Crippen LogP) is 2.55. The Morgan fingerprint density at radius 1 is 1.09 bits per heavy atom. The molecule has 2 fully saturated rings. The number of amides is 1. The molecule has 124 valence electrons. The minimum Gasteiger partial charge on any atom is -0.486 e. The van der Waals surface area contributed by atoms with Gasteiger partial charge in [0, 0.05) is 23.7 Å². The molecule has 1 aromatic carbocycles. The van der Waals surface area contributed by atoms with Gasteiger partial charge in [0.2, 0.25) is 5.91 Å². The Morgan fingerprint density at radius 3 is 2.52 bits per heavy atom. The Bertz CT molecular complexity index is 590. The number of ether oxygens (including phenoxy) is 2. The van der Waals surface area contributed by atoms with Crippen LogP contribution in [-0.4, -0.2) is 25.2 Å². The van der Waals surface area contributed by atoms with Gasteiger partial charge in [0.05, 0.1) is 0 Å². The van der Waals surface area contributed by atoms with E-state index in [9.17, 15) is 4.79 Å². The molecule has 5 heteroatoms. The summed E-state index contributed by atoms with van der Waals surface area (Å²) in [6.45, 7) is 1.12. The molecular weight excluding hydrogens is 292 g/mol. The van der Waals surface area contributed by atoms with Gasteiger partial charge in [-0.2, -0.15) is 0 Å². The van der Waals surface area contributed by atoms with Crippen LogP contribution in [0.5, 0.6) is 11.5 Å². The first-order valence-corrected chi connectivity index (χ1v) is 8.67. The van der Waals surface area contributed by atoms with Crippen molar-refractivity contribution in [3.63, 3.8) is 0 Å². The summed E-state index contributed by atoms with van der Waals surface area (Å²) in [7, 11) is 0. The van der Waals surface area contributed by atoms with Crippen molar-refractivity contribution in [3.05, 3.63) is 18.2 Å². The third kappa shape index (κ3) is 2.90. The molecule has 2 aliphatic carbocycles. The fourth-order valence-corrected chi connectivity index (χ4v) is 4.37. The van der Waals surface area contributed by atoms with Gasteiger partial charge in [0.25, 0.3) is 0 Å². The molecule has 5 nitrogen and oxygen atoms in total. The molecule has 2 atom stereocenters. The fourth-order valence-electron chi connectivity index (χ4n) is 4.37. The number of anilines is 1. The number of hydrogen-bond acceptors (Lipinski definition) is 4. The van der Waals surface area contributed by atoms with Gasteiger partial charge >= 0.3 is 0 Å². The van der Waals surface area contributed by atoms with Crippen LogP contribution in [0.3, 0.4) is 0 Å². The normalized spacial score (nSPS) is 32.2. The van der Waals surface area contributed by atoms with E-state index in [0.29, 0.717) is 36.8 Å². The molecule has 1 heterocycles. The van der Waals surface area contributed by atoms with Crippen LogP contribution < -0.4 is 20.5 Å². The van der Waals surface area contributed by atoms with E-state index in [-0.39, 0.29) is 11.8 Å². The predicted molar refractivity (Wildman–Crippen MR) is 87.6 cm³/mol. The summed E-state index contributed by atoms with van der Waals surface area (Å²) >= 11 is 0. The van der Waals surface area contributed by atoms with Crippen LogP contribution in [0, 0.1) is 17.8 Å². The monoisotopic (exact) mass is 316 g/mol. The highest BCUT2D eigenvalue weighted by molar-refractivity contribution is 5.93. The van der Waals surface area contributed by atoms with E-state index in [1.54, 1.807) is 0 Å². The molecule has 4 rings (SSSR count). The number of nitrogens with two attached hydrogens (primary N) is 1. The number of carbonyl (C=O) groups excluding carboxylic acids is 1. The fraction of sp³-hybridized carbons (Fsp3) is 0.611. The molecule has 1 amide bonds. The van der Waals surface area contributed by atoms with E-state index in [4.69, 9.17) is 15.2 Å². The number of nitrogens with one attached hydrogen (secondary N) is 1. The molecule has 2 bridgehead atoms. The topological polar surface area (TPSA) is 73.6 Å². The van der Waals surface area contributed by atoms with Crippen molar-refractivity contribution in [1.82, 2.24) is 0 Å². The summed E-state index contributed by atoms with van der Waals surface area (Å²) in [6, 6.07) is 5.88. The van der Waals surface area contributed by atoms with Crippen LogP contribution >= 0.6 is 0 Å². The zero-order valence-electron chi connectivity index (χ0n) is 13.3. The minimum absolute atomic E-state index is 0.0818. The van der Waals surface area contributed by atoms with E-state index in [0.717, 1.165) is 24.3 Å². The SMILES string of the molecule is NC1C2CCCC1CC(C(=O)Nc1ccc3c(c1)OCCO3)C2. The average Bonchev–Trinajstić information content (AvgIpc) is 2.54. The maximum absolute atomic E-state index is 12.6. The van der Waals surface area contributed by atoms with E-state index in [1.807, 2.05) is 18.2 Å². The molecule has 0 saturated heterocycles. The van der Waals surface area contributed by atoms with Crippen molar-refractivity contribution in [2.45, 2.75) is 38.1 Å². The lowest BCUT2D eigenvalue weighted by Crippen LogP contribution is -2.48. The molecule has 0 spiro atoms. The van der Waals surface area contributed by atoms with Crippen molar-refractivity contribution in [2.75, 3.05) is 18.5 Å². The maximum Gasteiger partial charge on any atom is 0.227 e. The number of hydrogen-bond donors (Lipinski definition) is 2. The third-order valence-electron chi connectivity index (χ3n) is 5.59. The largest absolute Gasteiger partial charge is 0.486 e. The van der Waals surface area contributed by atoms with Gasteiger partial charge in [-0.1, -0.05) is 6.42 Å². The lowest BCUT2D eigenvalue weighted by atomic mass is 9.65. The van der Waals surface area contributed by atoms with E-state index < -0.39 is 0 Å². The summed E-state index contributed by atoms with van der Waals surface area (Å²) in [6.07, 6.45) is 5.46. The summed E-state index contributed by atoms with van der Waals surface area (Å²) in [4.78, 5) is 12.6. The van der Waals surface area contributed by atoms with E-state index in [2.05, 4.69) is 5.32 Å². The smallest absolute Gasteiger partial charge is 0.227 e. The molecular formula is C18H24N2O3. The summed E-state index contributed by atoms with van der Waals surface area (Å²) in [5.74, 6) is 2.67. The van der Waals surface area contributed by atoms with Crippen LogP contribution in [0.15, 0.2) is 18.2 Å². The molecule has 23 heavy (non-hydrogen) atoms. The van der Waals surface area contributed by atoms with Crippen molar-refractivity contribution < 1.29 is 14.3 Å². The Hall–Kier alpha value is -1.75. The second-order valence-electron chi connectivity index (χ2n) is 7.04. The first kappa shape index (κ1) is 14.8. The van der Waals surface area contributed by atoms with Gasteiger partial charge in [-0.3, -0.25) is 4.79 Å². The first-order chi connectivity index (χ1) is 11.2. The van der Waals surface area contributed by atoms with Gasteiger partial charge in [-0.25, -0.2) is 0 Å². The third-order valence-corrected chi connectivity index (χ3v) is 5.59. The van der Waals surface area contributed by atoms with E-state index >= 15 is 0 Å². The zero-order chi connectivity index (χ0) is 15.8. The minimum atomic E-state index is 0.0818. The van der Waals surface area contributed by atoms with Gasteiger partial charge < -0.3 is 20.5 Å². The van der Waals surface area contributed by atoms with Crippen molar-refractivity contribution in [1.29, 1.82) is 0 Å². The van der Waals surface area contributed by atoms with Crippen molar-refractivity contribution >= 4 is 11.6 Å². The Morgan fingerprint density at radius 2 is 1.78 bits per heavy atom. The van der Waals surface area contributed by atoms with Crippen molar-refractivity contribution in [2.24, 2.45) is 23.5 Å². The van der Waals surface area contributed by atoms with Crippen LogP contribution in [0.25, 0.3) is 0 Å². The molecule has 0 radical (unpaired) electrons. The van der Waals surface area contributed by atoms with Crippen LogP contribution in [0.2, 0.25) is 0 Å². The Labute approximate surface area is 136 Å². The molecule has 2 unspecified atom stereocenters.